The van der Waals surface area contributed by atoms with Gasteiger partial charge in [0.2, 0.25) is 0 Å². The van der Waals surface area contributed by atoms with Gasteiger partial charge in [0.25, 0.3) is 0 Å². The second kappa shape index (κ2) is 4.83. The van der Waals surface area contributed by atoms with Crippen LogP contribution < -0.4 is 0 Å². The van der Waals surface area contributed by atoms with E-state index in [1.165, 1.54) is 17.3 Å². The van der Waals surface area contributed by atoms with E-state index in [1.54, 1.807) is 4.68 Å². The van der Waals surface area contributed by atoms with Crippen molar-refractivity contribution in [2.24, 2.45) is 7.05 Å². The van der Waals surface area contributed by atoms with Crippen molar-refractivity contribution in [2.45, 2.75) is 30.8 Å². The molecule has 0 aliphatic rings. The lowest BCUT2D eigenvalue weighted by atomic mass is 10.3. The fourth-order valence-electron chi connectivity index (χ4n) is 1.84. The van der Waals surface area contributed by atoms with Crippen molar-refractivity contribution in [2.75, 3.05) is 0 Å². The summed E-state index contributed by atoms with van der Waals surface area (Å²) in [4.78, 5) is 4.47. The molecule has 18 heavy (non-hydrogen) atoms. The molecule has 0 fully saturated rings. The fraction of sp³-hybridized carbons (Fsp3) is 0.308. The van der Waals surface area contributed by atoms with E-state index < -0.39 is 0 Å². The molecule has 0 unspecified atom stereocenters. The van der Waals surface area contributed by atoms with Crippen LogP contribution in [-0.4, -0.2) is 14.8 Å². The zero-order valence-corrected chi connectivity index (χ0v) is 11.7. The van der Waals surface area contributed by atoms with Gasteiger partial charge >= 0.3 is 0 Å². The van der Waals surface area contributed by atoms with Crippen LogP contribution in [0.1, 0.15) is 22.5 Å². The minimum absolute atomic E-state index is 0.628. The van der Waals surface area contributed by atoms with Gasteiger partial charge in [0.05, 0.1) is 5.69 Å². The molecule has 0 amide bonds. The predicted octanol–water partition coefficient (Wildman–Crippen LogP) is 2.76. The SMILES string of the molecule is Cc1cc(C)nc(Sc2c(C#N)c(C)nn2C)c1. The molecule has 5 heteroatoms. The first-order chi connectivity index (χ1) is 8.51. The highest BCUT2D eigenvalue weighted by Crippen LogP contribution is 2.30. The Bertz CT molecular complexity index is 617. The lowest BCUT2D eigenvalue weighted by Gasteiger charge is -2.04. The van der Waals surface area contributed by atoms with Crippen LogP contribution in [-0.2, 0) is 7.05 Å². The summed E-state index contributed by atoms with van der Waals surface area (Å²) in [5, 5.41) is 15.2. The van der Waals surface area contributed by atoms with Gasteiger partial charge in [0, 0.05) is 12.7 Å². The van der Waals surface area contributed by atoms with Gasteiger partial charge in [0.15, 0.2) is 0 Å². The number of pyridine rings is 1. The van der Waals surface area contributed by atoms with Gasteiger partial charge in [-0.15, -0.1) is 0 Å². The summed E-state index contributed by atoms with van der Waals surface area (Å²) in [6.07, 6.45) is 0. The lowest BCUT2D eigenvalue weighted by Crippen LogP contribution is -1.94. The zero-order chi connectivity index (χ0) is 13.3. The van der Waals surface area contributed by atoms with Crippen LogP contribution in [0.2, 0.25) is 0 Å². The molecule has 0 aliphatic carbocycles. The maximum Gasteiger partial charge on any atom is 0.118 e. The summed E-state index contributed by atoms with van der Waals surface area (Å²) < 4.78 is 1.73. The number of aryl methyl sites for hydroxylation is 4. The van der Waals surface area contributed by atoms with Crippen molar-refractivity contribution in [3.05, 3.63) is 34.6 Å². The molecule has 0 saturated heterocycles. The summed E-state index contributed by atoms with van der Waals surface area (Å²) in [7, 11) is 1.85. The molecule has 0 N–H and O–H groups in total. The smallest absolute Gasteiger partial charge is 0.118 e. The van der Waals surface area contributed by atoms with Crippen molar-refractivity contribution in [3.63, 3.8) is 0 Å². The monoisotopic (exact) mass is 258 g/mol. The van der Waals surface area contributed by atoms with E-state index >= 15 is 0 Å². The molecule has 0 bridgehead atoms. The molecule has 0 atom stereocenters. The molecule has 2 aromatic heterocycles. The van der Waals surface area contributed by atoms with Gasteiger partial charge in [-0.2, -0.15) is 10.4 Å². The summed E-state index contributed by atoms with van der Waals surface area (Å²) in [5.74, 6) is 0. The van der Waals surface area contributed by atoms with E-state index in [4.69, 9.17) is 5.26 Å². The number of nitrogens with zero attached hydrogens (tertiary/aromatic N) is 4. The Morgan fingerprint density at radius 3 is 2.61 bits per heavy atom. The Kier molecular flexibility index (Phi) is 3.39. The first-order valence-electron chi connectivity index (χ1n) is 5.58. The lowest BCUT2D eigenvalue weighted by molar-refractivity contribution is 0.691. The van der Waals surface area contributed by atoms with Gasteiger partial charge in [0.1, 0.15) is 21.7 Å². The minimum Gasteiger partial charge on any atom is -0.260 e. The van der Waals surface area contributed by atoms with Crippen molar-refractivity contribution in [3.8, 4) is 6.07 Å². The number of rotatable bonds is 2. The van der Waals surface area contributed by atoms with Gasteiger partial charge < -0.3 is 0 Å². The number of nitriles is 1. The summed E-state index contributed by atoms with van der Waals surface area (Å²) in [5.41, 5.74) is 3.53. The summed E-state index contributed by atoms with van der Waals surface area (Å²) >= 11 is 1.48. The summed E-state index contributed by atoms with van der Waals surface area (Å²) in [6.45, 7) is 5.85. The normalized spacial score (nSPS) is 10.4. The molecular weight excluding hydrogens is 244 g/mol. The highest BCUT2D eigenvalue weighted by molar-refractivity contribution is 7.99. The average Bonchev–Trinajstić information content (AvgIpc) is 2.52. The molecule has 4 nitrogen and oxygen atoms in total. The Hall–Kier alpha value is -1.80. The Morgan fingerprint density at radius 1 is 1.28 bits per heavy atom. The maximum absolute atomic E-state index is 9.16. The average molecular weight is 258 g/mol. The van der Waals surface area contributed by atoms with Crippen LogP contribution in [0.4, 0.5) is 0 Å². The molecule has 0 aliphatic heterocycles. The second-order valence-electron chi connectivity index (χ2n) is 4.23. The van der Waals surface area contributed by atoms with Crippen LogP contribution in [0.25, 0.3) is 0 Å². The first kappa shape index (κ1) is 12.7. The van der Waals surface area contributed by atoms with Crippen LogP contribution in [0.3, 0.4) is 0 Å². The van der Waals surface area contributed by atoms with Crippen LogP contribution in [0.5, 0.6) is 0 Å². The van der Waals surface area contributed by atoms with E-state index in [-0.39, 0.29) is 0 Å². The molecule has 0 spiro atoms. The first-order valence-corrected chi connectivity index (χ1v) is 6.39. The van der Waals surface area contributed by atoms with Gasteiger partial charge in [-0.1, -0.05) is 0 Å². The van der Waals surface area contributed by atoms with Crippen molar-refractivity contribution in [1.29, 1.82) is 5.26 Å². The largest absolute Gasteiger partial charge is 0.260 e. The Labute approximate surface area is 111 Å². The van der Waals surface area contributed by atoms with Crippen LogP contribution in [0, 0.1) is 32.1 Å². The molecule has 92 valence electrons. The summed E-state index contributed by atoms with van der Waals surface area (Å²) in [6, 6.07) is 6.25. The van der Waals surface area contributed by atoms with Crippen molar-refractivity contribution < 1.29 is 0 Å². The van der Waals surface area contributed by atoms with Gasteiger partial charge in [-0.05, 0) is 50.2 Å². The van der Waals surface area contributed by atoms with Gasteiger partial charge in [-0.25, -0.2) is 4.98 Å². The number of hydrogen-bond acceptors (Lipinski definition) is 4. The third-order valence-corrected chi connectivity index (χ3v) is 3.64. The highest BCUT2D eigenvalue weighted by Gasteiger charge is 2.14. The quantitative estimate of drug-likeness (QED) is 0.831. The molecule has 0 aromatic carbocycles. The Morgan fingerprint density at radius 2 is 2.00 bits per heavy atom. The van der Waals surface area contributed by atoms with E-state index in [2.05, 4.69) is 16.2 Å². The molecule has 2 aromatic rings. The van der Waals surface area contributed by atoms with E-state index in [1.807, 2.05) is 40.0 Å². The molecule has 0 saturated carbocycles. The predicted molar refractivity (Wildman–Crippen MR) is 70.5 cm³/mol. The van der Waals surface area contributed by atoms with Gasteiger partial charge in [-0.3, -0.25) is 4.68 Å². The topological polar surface area (TPSA) is 54.5 Å². The third-order valence-electron chi connectivity index (χ3n) is 2.56. The number of aromatic nitrogens is 3. The minimum atomic E-state index is 0.628. The standard InChI is InChI=1S/C13H14N4S/c1-8-5-9(2)15-12(6-8)18-13-11(7-14)10(3)16-17(13)4/h5-6H,1-4H3. The zero-order valence-electron chi connectivity index (χ0n) is 10.9. The molecule has 2 rings (SSSR count). The van der Waals surface area contributed by atoms with Crippen LogP contribution >= 0.6 is 11.8 Å². The molecule has 2 heterocycles. The molecule has 0 radical (unpaired) electrons. The van der Waals surface area contributed by atoms with Crippen LogP contribution in [0.15, 0.2) is 22.2 Å². The number of hydrogen-bond donors (Lipinski definition) is 0. The van der Waals surface area contributed by atoms with Crippen molar-refractivity contribution >= 4 is 11.8 Å². The van der Waals surface area contributed by atoms with E-state index in [0.717, 1.165) is 21.4 Å². The fourth-order valence-corrected chi connectivity index (χ4v) is 2.94. The van der Waals surface area contributed by atoms with E-state index in [9.17, 15) is 0 Å². The van der Waals surface area contributed by atoms with E-state index in [0.29, 0.717) is 5.56 Å². The highest BCUT2D eigenvalue weighted by atomic mass is 32.2. The second-order valence-corrected chi connectivity index (χ2v) is 5.24. The third kappa shape index (κ3) is 2.39. The Balaban J connectivity index is 2.43. The van der Waals surface area contributed by atoms with Crippen molar-refractivity contribution in [1.82, 2.24) is 14.8 Å². The maximum atomic E-state index is 9.16. The molecular formula is C13H14N4S.